The van der Waals surface area contributed by atoms with E-state index < -0.39 is 0 Å². The maximum Gasteiger partial charge on any atom is 0.185 e. The third-order valence-electron chi connectivity index (χ3n) is 2.26. The fourth-order valence-corrected chi connectivity index (χ4v) is 1.57. The minimum absolute atomic E-state index is 0.341. The summed E-state index contributed by atoms with van der Waals surface area (Å²) in [5, 5.41) is 0. The first kappa shape index (κ1) is 10.5. The molecule has 0 atom stereocenters. The summed E-state index contributed by atoms with van der Waals surface area (Å²) in [6.45, 7) is 2.55. The Bertz CT molecular complexity index is 485. The van der Waals surface area contributed by atoms with Crippen molar-refractivity contribution in [3.8, 4) is 16.9 Å². The van der Waals surface area contributed by atoms with E-state index in [0.29, 0.717) is 18.7 Å². The highest BCUT2D eigenvalue weighted by atomic mass is 16.5. The first-order chi connectivity index (χ1) is 7.85. The maximum atomic E-state index is 10.7. The lowest BCUT2D eigenvalue weighted by Crippen LogP contribution is -1.91. The fraction of sp³-hybridized carbons (Fsp3) is 0.154. The number of ether oxygens (including phenoxy) is 1. The topological polar surface area (TPSA) is 39.4 Å². The van der Waals surface area contributed by atoms with Crippen LogP contribution in [0.3, 0.4) is 0 Å². The summed E-state index contributed by atoms with van der Waals surface area (Å²) in [5.41, 5.74) is 1.71. The van der Waals surface area contributed by atoms with E-state index in [0.717, 1.165) is 16.9 Å². The van der Waals surface area contributed by atoms with Gasteiger partial charge in [0.05, 0.1) is 12.9 Å². The van der Waals surface area contributed by atoms with Crippen LogP contribution in [0.5, 0.6) is 5.75 Å². The van der Waals surface area contributed by atoms with Crippen LogP contribution in [0.1, 0.15) is 17.5 Å². The van der Waals surface area contributed by atoms with Crippen LogP contribution >= 0.6 is 0 Å². The van der Waals surface area contributed by atoms with Crippen molar-refractivity contribution >= 4 is 6.29 Å². The van der Waals surface area contributed by atoms with Crippen LogP contribution in [-0.2, 0) is 0 Å². The fourth-order valence-electron chi connectivity index (χ4n) is 1.57. The van der Waals surface area contributed by atoms with Gasteiger partial charge in [0, 0.05) is 5.56 Å². The largest absolute Gasteiger partial charge is 0.494 e. The Hall–Kier alpha value is -2.03. The number of furan rings is 1. The van der Waals surface area contributed by atoms with Crippen LogP contribution in [0.4, 0.5) is 0 Å². The molecule has 3 heteroatoms. The Morgan fingerprint density at radius 2 is 2.25 bits per heavy atom. The summed E-state index contributed by atoms with van der Waals surface area (Å²) in [4.78, 5) is 10.7. The molecule has 1 aromatic carbocycles. The van der Waals surface area contributed by atoms with Crippen molar-refractivity contribution in [2.45, 2.75) is 6.92 Å². The molecule has 2 rings (SSSR count). The van der Waals surface area contributed by atoms with Crippen molar-refractivity contribution < 1.29 is 13.9 Å². The number of aldehydes is 1. The average molecular weight is 216 g/mol. The van der Waals surface area contributed by atoms with E-state index in [1.54, 1.807) is 6.07 Å². The van der Waals surface area contributed by atoms with E-state index in [4.69, 9.17) is 9.15 Å². The van der Waals surface area contributed by atoms with Crippen LogP contribution in [0.15, 0.2) is 41.0 Å². The first-order valence-corrected chi connectivity index (χ1v) is 5.11. The molecule has 82 valence electrons. The van der Waals surface area contributed by atoms with E-state index in [2.05, 4.69) is 0 Å². The Morgan fingerprint density at radius 1 is 1.38 bits per heavy atom. The first-order valence-electron chi connectivity index (χ1n) is 5.11. The number of carbonyl (C=O) groups is 1. The quantitative estimate of drug-likeness (QED) is 0.737. The van der Waals surface area contributed by atoms with Crippen LogP contribution in [-0.4, -0.2) is 12.9 Å². The van der Waals surface area contributed by atoms with Crippen LogP contribution in [0.25, 0.3) is 11.1 Å². The van der Waals surface area contributed by atoms with Crippen LogP contribution in [0.2, 0.25) is 0 Å². The molecule has 0 aliphatic rings. The third-order valence-corrected chi connectivity index (χ3v) is 2.26. The monoisotopic (exact) mass is 216 g/mol. The molecule has 0 N–H and O–H groups in total. The molecule has 0 aliphatic carbocycles. The molecular formula is C13H12O3. The van der Waals surface area contributed by atoms with Crippen LogP contribution < -0.4 is 4.74 Å². The van der Waals surface area contributed by atoms with Gasteiger partial charge in [0.2, 0.25) is 0 Å². The summed E-state index contributed by atoms with van der Waals surface area (Å²) < 4.78 is 10.5. The normalized spacial score (nSPS) is 10.1. The standard InChI is InChI=1S/C13H12O3/c1-2-15-11-5-3-4-10(8-11)12-6-7-16-13(12)9-14/h3-9H,2H2,1H3. The van der Waals surface area contributed by atoms with Crippen LogP contribution in [0, 0.1) is 0 Å². The number of hydrogen-bond acceptors (Lipinski definition) is 3. The molecule has 0 amide bonds. The molecule has 1 heterocycles. The van der Waals surface area contributed by atoms with Gasteiger partial charge in [0.25, 0.3) is 0 Å². The van der Waals surface area contributed by atoms with Crippen molar-refractivity contribution in [1.29, 1.82) is 0 Å². The lowest BCUT2D eigenvalue weighted by molar-refractivity contribution is 0.110. The van der Waals surface area contributed by atoms with E-state index in [1.807, 2.05) is 31.2 Å². The van der Waals surface area contributed by atoms with E-state index in [9.17, 15) is 4.79 Å². The summed E-state index contributed by atoms with van der Waals surface area (Å²) in [6, 6.07) is 9.35. The van der Waals surface area contributed by atoms with Gasteiger partial charge in [-0.15, -0.1) is 0 Å². The van der Waals surface area contributed by atoms with Gasteiger partial charge >= 0.3 is 0 Å². The van der Waals surface area contributed by atoms with Gasteiger partial charge in [0.15, 0.2) is 12.0 Å². The van der Waals surface area contributed by atoms with Crippen molar-refractivity contribution in [3.05, 3.63) is 42.4 Å². The maximum absolute atomic E-state index is 10.7. The third kappa shape index (κ3) is 1.98. The van der Waals surface area contributed by atoms with Gasteiger partial charge in [-0.25, -0.2) is 0 Å². The Kier molecular flexibility index (Phi) is 3.05. The van der Waals surface area contributed by atoms with Gasteiger partial charge in [-0.3, -0.25) is 4.79 Å². The molecule has 0 radical (unpaired) electrons. The zero-order valence-electron chi connectivity index (χ0n) is 8.97. The Balaban J connectivity index is 2.40. The van der Waals surface area contributed by atoms with E-state index in [1.165, 1.54) is 6.26 Å². The smallest absolute Gasteiger partial charge is 0.185 e. The van der Waals surface area contributed by atoms with Crippen molar-refractivity contribution in [3.63, 3.8) is 0 Å². The number of benzene rings is 1. The minimum Gasteiger partial charge on any atom is -0.494 e. The van der Waals surface area contributed by atoms with Gasteiger partial charge in [0.1, 0.15) is 5.75 Å². The number of hydrogen-bond donors (Lipinski definition) is 0. The Labute approximate surface area is 93.7 Å². The van der Waals surface area contributed by atoms with Crippen molar-refractivity contribution in [1.82, 2.24) is 0 Å². The molecule has 3 nitrogen and oxygen atoms in total. The molecule has 0 bridgehead atoms. The molecule has 2 aromatic rings. The zero-order valence-corrected chi connectivity index (χ0v) is 8.97. The molecule has 0 unspecified atom stereocenters. The number of carbonyl (C=O) groups excluding carboxylic acids is 1. The summed E-state index contributed by atoms with van der Waals surface area (Å²) >= 11 is 0. The van der Waals surface area contributed by atoms with E-state index in [-0.39, 0.29) is 0 Å². The average Bonchev–Trinajstić information content (AvgIpc) is 2.78. The molecular weight excluding hydrogens is 204 g/mol. The molecule has 0 spiro atoms. The molecule has 0 saturated carbocycles. The van der Waals surface area contributed by atoms with Gasteiger partial charge in [-0.1, -0.05) is 12.1 Å². The van der Waals surface area contributed by atoms with Gasteiger partial charge in [-0.05, 0) is 30.7 Å². The molecule has 0 saturated heterocycles. The Morgan fingerprint density at radius 3 is 3.00 bits per heavy atom. The highest BCUT2D eigenvalue weighted by Gasteiger charge is 2.08. The zero-order chi connectivity index (χ0) is 11.4. The highest BCUT2D eigenvalue weighted by molar-refractivity contribution is 5.84. The van der Waals surface area contributed by atoms with Gasteiger partial charge < -0.3 is 9.15 Å². The minimum atomic E-state index is 0.341. The van der Waals surface area contributed by atoms with Gasteiger partial charge in [-0.2, -0.15) is 0 Å². The second-order valence-electron chi connectivity index (χ2n) is 3.28. The van der Waals surface area contributed by atoms with Crippen molar-refractivity contribution in [2.24, 2.45) is 0 Å². The predicted molar refractivity (Wildman–Crippen MR) is 60.7 cm³/mol. The summed E-state index contributed by atoms with van der Waals surface area (Å²) in [5.74, 6) is 1.13. The molecule has 0 fully saturated rings. The lowest BCUT2D eigenvalue weighted by atomic mass is 10.1. The molecule has 0 aliphatic heterocycles. The number of rotatable bonds is 4. The summed E-state index contributed by atoms with van der Waals surface area (Å²) in [6.07, 6.45) is 2.22. The second kappa shape index (κ2) is 4.66. The van der Waals surface area contributed by atoms with E-state index >= 15 is 0 Å². The highest BCUT2D eigenvalue weighted by Crippen LogP contribution is 2.26. The molecule has 1 aromatic heterocycles. The molecule has 16 heavy (non-hydrogen) atoms. The lowest BCUT2D eigenvalue weighted by Gasteiger charge is -2.04. The second-order valence-corrected chi connectivity index (χ2v) is 3.28. The SMILES string of the molecule is CCOc1cccc(-c2ccoc2C=O)c1. The predicted octanol–water partition coefficient (Wildman–Crippen LogP) is 3.16. The van der Waals surface area contributed by atoms with Crippen molar-refractivity contribution in [2.75, 3.05) is 6.61 Å². The summed E-state index contributed by atoms with van der Waals surface area (Å²) in [7, 11) is 0.